The zero-order valence-corrected chi connectivity index (χ0v) is 9.57. The minimum atomic E-state index is -0.413. The second kappa shape index (κ2) is 4.84. The average molecular weight is 230 g/mol. The van der Waals surface area contributed by atoms with Crippen LogP contribution in [0.5, 0.6) is 0 Å². The van der Waals surface area contributed by atoms with Crippen LogP contribution in [0.2, 0.25) is 0 Å². The number of rotatable bonds is 3. The first kappa shape index (κ1) is 11.4. The first-order valence-corrected chi connectivity index (χ1v) is 5.44. The molecule has 17 heavy (non-hydrogen) atoms. The van der Waals surface area contributed by atoms with E-state index in [2.05, 4.69) is 5.43 Å². The van der Waals surface area contributed by atoms with Crippen LogP contribution < -0.4 is 11.3 Å². The van der Waals surface area contributed by atoms with E-state index < -0.39 is 5.91 Å². The zero-order chi connectivity index (χ0) is 12.3. The van der Waals surface area contributed by atoms with Gasteiger partial charge in [-0.2, -0.15) is 0 Å². The number of nitrogens with two attached hydrogens (primary N) is 1. The maximum atomic E-state index is 11.6. The number of furan rings is 1. The van der Waals surface area contributed by atoms with Crippen LogP contribution in [-0.4, -0.2) is 5.91 Å². The lowest BCUT2D eigenvalue weighted by atomic mass is 10.00. The van der Waals surface area contributed by atoms with Crippen LogP contribution in [0.15, 0.2) is 41.0 Å². The van der Waals surface area contributed by atoms with E-state index in [9.17, 15) is 4.79 Å². The Labute approximate surface area is 99.4 Å². The topological polar surface area (TPSA) is 68.3 Å². The van der Waals surface area contributed by atoms with E-state index in [1.54, 1.807) is 6.26 Å². The highest BCUT2D eigenvalue weighted by molar-refractivity contribution is 5.98. The van der Waals surface area contributed by atoms with Crippen LogP contribution >= 0.6 is 0 Å². The number of hydrogen-bond acceptors (Lipinski definition) is 3. The van der Waals surface area contributed by atoms with Crippen molar-refractivity contribution >= 4 is 5.91 Å². The van der Waals surface area contributed by atoms with Gasteiger partial charge in [0.05, 0.1) is 6.26 Å². The number of carbonyl (C=O) groups is 1. The number of nitrogen functional groups attached to an aromatic ring is 1. The van der Waals surface area contributed by atoms with E-state index in [1.165, 1.54) is 0 Å². The molecule has 4 nitrogen and oxygen atoms in total. The lowest BCUT2D eigenvalue weighted by Gasteiger charge is -2.04. The van der Waals surface area contributed by atoms with Gasteiger partial charge in [0.15, 0.2) is 0 Å². The Bertz CT molecular complexity index is 517. The Hall–Kier alpha value is -2.07. The van der Waals surface area contributed by atoms with E-state index in [0.29, 0.717) is 0 Å². The molecule has 2 rings (SSSR count). The molecule has 1 amide bonds. The molecule has 0 bridgehead atoms. The SMILES string of the molecule is CCc1coc(C(=O)NN)c1-c1ccccc1. The average Bonchev–Trinajstić information content (AvgIpc) is 2.82. The molecule has 0 saturated heterocycles. The molecule has 3 N–H and O–H groups in total. The minimum Gasteiger partial charge on any atom is -0.458 e. The molecule has 1 heterocycles. The van der Waals surface area contributed by atoms with Crippen LogP contribution in [0, 0.1) is 0 Å². The fourth-order valence-corrected chi connectivity index (χ4v) is 1.81. The Morgan fingerprint density at radius 3 is 2.65 bits per heavy atom. The van der Waals surface area contributed by atoms with Crippen molar-refractivity contribution < 1.29 is 9.21 Å². The Morgan fingerprint density at radius 1 is 1.35 bits per heavy atom. The van der Waals surface area contributed by atoms with Gasteiger partial charge >= 0.3 is 5.91 Å². The molecule has 0 fully saturated rings. The first-order valence-electron chi connectivity index (χ1n) is 5.44. The summed E-state index contributed by atoms with van der Waals surface area (Å²) in [6, 6.07) is 9.66. The Balaban J connectivity index is 2.58. The molecule has 1 aromatic carbocycles. The standard InChI is InChI=1S/C13H14N2O2/c1-2-9-8-17-12(13(16)15-14)11(9)10-6-4-3-5-7-10/h3-8H,2,14H2,1H3,(H,15,16). The van der Waals surface area contributed by atoms with Crippen LogP contribution in [0.25, 0.3) is 11.1 Å². The van der Waals surface area contributed by atoms with Crippen molar-refractivity contribution in [1.82, 2.24) is 5.43 Å². The molecule has 2 aromatic rings. The van der Waals surface area contributed by atoms with Gasteiger partial charge in [-0.05, 0) is 17.5 Å². The van der Waals surface area contributed by atoms with Crippen molar-refractivity contribution in [2.75, 3.05) is 0 Å². The van der Waals surface area contributed by atoms with E-state index in [1.807, 2.05) is 37.3 Å². The number of benzene rings is 1. The molecule has 0 unspecified atom stereocenters. The zero-order valence-electron chi connectivity index (χ0n) is 9.57. The molecule has 88 valence electrons. The van der Waals surface area contributed by atoms with Crippen LogP contribution in [0.4, 0.5) is 0 Å². The number of hydrogen-bond donors (Lipinski definition) is 2. The molecule has 0 aliphatic rings. The minimum absolute atomic E-state index is 0.260. The normalized spacial score (nSPS) is 10.2. The Kier molecular flexibility index (Phi) is 3.25. The number of carbonyl (C=O) groups excluding carboxylic acids is 1. The van der Waals surface area contributed by atoms with Gasteiger partial charge in [-0.25, -0.2) is 5.84 Å². The summed E-state index contributed by atoms with van der Waals surface area (Å²) >= 11 is 0. The summed E-state index contributed by atoms with van der Waals surface area (Å²) in [5.74, 6) is 4.99. The summed E-state index contributed by atoms with van der Waals surface area (Å²) in [5, 5.41) is 0. The summed E-state index contributed by atoms with van der Waals surface area (Å²) < 4.78 is 5.30. The van der Waals surface area contributed by atoms with Gasteiger partial charge in [0.1, 0.15) is 0 Å². The van der Waals surface area contributed by atoms with Crippen molar-refractivity contribution in [3.05, 3.63) is 47.9 Å². The predicted octanol–water partition coefficient (Wildman–Crippen LogP) is 2.11. The van der Waals surface area contributed by atoms with Gasteiger partial charge in [-0.3, -0.25) is 10.2 Å². The maximum Gasteiger partial charge on any atom is 0.301 e. The van der Waals surface area contributed by atoms with Gasteiger partial charge < -0.3 is 4.42 Å². The lowest BCUT2D eigenvalue weighted by Crippen LogP contribution is -2.30. The van der Waals surface area contributed by atoms with Crippen molar-refractivity contribution in [2.24, 2.45) is 5.84 Å². The summed E-state index contributed by atoms with van der Waals surface area (Å²) in [6.07, 6.45) is 2.40. The van der Waals surface area contributed by atoms with Gasteiger partial charge in [0.25, 0.3) is 0 Å². The molecular weight excluding hydrogens is 216 g/mol. The van der Waals surface area contributed by atoms with E-state index >= 15 is 0 Å². The van der Waals surface area contributed by atoms with Crippen molar-refractivity contribution in [3.63, 3.8) is 0 Å². The molecule has 0 aliphatic carbocycles. The summed E-state index contributed by atoms with van der Waals surface area (Å²) in [7, 11) is 0. The van der Waals surface area contributed by atoms with Gasteiger partial charge in [-0.15, -0.1) is 0 Å². The van der Waals surface area contributed by atoms with E-state index in [4.69, 9.17) is 10.3 Å². The fraction of sp³-hybridized carbons (Fsp3) is 0.154. The Morgan fingerprint density at radius 2 is 2.06 bits per heavy atom. The van der Waals surface area contributed by atoms with Crippen molar-refractivity contribution in [1.29, 1.82) is 0 Å². The summed E-state index contributed by atoms with van der Waals surface area (Å²) in [6.45, 7) is 2.02. The van der Waals surface area contributed by atoms with Gasteiger partial charge in [0.2, 0.25) is 5.76 Å². The summed E-state index contributed by atoms with van der Waals surface area (Å²) in [5.41, 5.74) is 4.86. The largest absolute Gasteiger partial charge is 0.458 e. The molecule has 0 spiro atoms. The predicted molar refractivity (Wildman–Crippen MR) is 65.2 cm³/mol. The third-order valence-corrected chi connectivity index (χ3v) is 2.65. The second-order valence-electron chi connectivity index (χ2n) is 3.66. The maximum absolute atomic E-state index is 11.6. The number of amides is 1. The smallest absolute Gasteiger partial charge is 0.301 e. The third kappa shape index (κ3) is 2.07. The van der Waals surface area contributed by atoms with Crippen LogP contribution in [0.1, 0.15) is 23.0 Å². The highest BCUT2D eigenvalue weighted by Gasteiger charge is 2.19. The quantitative estimate of drug-likeness (QED) is 0.482. The number of nitrogens with one attached hydrogen (secondary N) is 1. The molecular formula is C13H14N2O2. The molecule has 0 radical (unpaired) electrons. The molecule has 0 saturated carbocycles. The first-order chi connectivity index (χ1) is 8.27. The van der Waals surface area contributed by atoms with Gasteiger partial charge in [0, 0.05) is 5.56 Å². The lowest BCUT2D eigenvalue weighted by molar-refractivity contribution is 0.0927. The highest BCUT2D eigenvalue weighted by Crippen LogP contribution is 2.29. The fourth-order valence-electron chi connectivity index (χ4n) is 1.81. The summed E-state index contributed by atoms with van der Waals surface area (Å²) in [4.78, 5) is 11.6. The third-order valence-electron chi connectivity index (χ3n) is 2.65. The van der Waals surface area contributed by atoms with Gasteiger partial charge in [-0.1, -0.05) is 37.3 Å². The van der Waals surface area contributed by atoms with Crippen molar-refractivity contribution in [3.8, 4) is 11.1 Å². The van der Waals surface area contributed by atoms with Crippen LogP contribution in [-0.2, 0) is 6.42 Å². The van der Waals surface area contributed by atoms with Crippen LogP contribution in [0.3, 0.4) is 0 Å². The van der Waals surface area contributed by atoms with E-state index in [0.717, 1.165) is 23.1 Å². The number of hydrazine groups is 1. The second-order valence-corrected chi connectivity index (χ2v) is 3.66. The molecule has 1 aromatic heterocycles. The van der Waals surface area contributed by atoms with Crippen molar-refractivity contribution in [2.45, 2.75) is 13.3 Å². The highest BCUT2D eigenvalue weighted by atomic mass is 16.3. The molecule has 0 aliphatic heterocycles. The monoisotopic (exact) mass is 230 g/mol. The molecule has 4 heteroatoms. The molecule has 0 atom stereocenters. The number of aryl methyl sites for hydroxylation is 1. The van der Waals surface area contributed by atoms with E-state index in [-0.39, 0.29) is 5.76 Å².